The molecule has 0 rings (SSSR count). The van der Waals surface area contributed by atoms with Gasteiger partial charge in [0.25, 0.3) is 0 Å². The van der Waals surface area contributed by atoms with Crippen molar-refractivity contribution < 1.29 is 38.4 Å². The summed E-state index contributed by atoms with van der Waals surface area (Å²) in [6.45, 7) is 3.65. The third kappa shape index (κ3) is 2.07. The van der Waals surface area contributed by atoms with Crippen LogP contribution in [0, 0.1) is 0 Å². The molecule has 0 amide bonds. The quantitative estimate of drug-likeness (QED) is 0.498. The van der Waals surface area contributed by atoms with Gasteiger partial charge in [-0.05, 0) is 0 Å². The second-order valence-corrected chi connectivity index (χ2v) is 3.10. The predicted molar refractivity (Wildman–Crippen MR) is 38.9 cm³/mol. The number of ether oxygens (including phenoxy) is 3. The third-order valence-corrected chi connectivity index (χ3v) is 2.34. The average Bonchev–Trinajstić information content (AvgIpc) is 2.08. The maximum atomic E-state index is 5.20. The molecule has 0 fully saturated rings. The SMILES string of the molecule is COC(C)(C)C(OC)(OC)[O][Ti]. The van der Waals surface area contributed by atoms with E-state index in [0.717, 1.165) is 0 Å². The van der Waals surface area contributed by atoms with Gasteiger partial charge in [0.2, 0.25) is 0 Å². The molecule has 0 saturated heterocycles. The molecular weight excluding hydrogens is 196 g/mol. The summed E-state index contributed by atoms with van der Waals surface area (Å²) < 4.78 is 20.6. The minimum atomic E-state index is -1.15. The Morgan fingerprint density at radius 1 is 0.917 bits per heavy atom. The Kier molecular flexibility index (Phi) is 4.91. The Morgan fingerprint density at radius 3 is 1.42 bits per heavy atom. The van der Waals surface area contributed by atoms with E-state index in [1.165, 1.54) is 35.0 Å². The summed E-state index contributed by atoms with van der Waals surface area (Å²) in [6, 6.07) is 0. The molecule has 0 aromatic carbocycles. The molecule has 0 aromatic rings. The summed E-state index contributed by atoms with van der Waals surface area (Å²) in [6.07, 6.45) is 0. The van der Waals surface area contributed by atoms with E-state index in [9.17, 15) is 0 Å². The summed E-state index contributed by atoms with van der Waals surface area (Å²) in [5.74, 6) is -1.15. The van der Waals surface area contributed by atoms with Crippen LogP contribution in [0.2, 0.25) is 0 Å². The van der Waals surface area contributed by atoms with Gasteiger partial charge in [-0.25, -0.2) is 0 Å². The molecule has 4 nitrogen and oxygen atoms in total. The summed E-state index contributed by atoms with van der Waals surface area (Å²) in [7, 11) is 4.59. The Bertz CT molecular complexity index is 125. The molecule has 12 heavy (non-hydrogen) atoms. The van der Waals surface area contributed by atoms with E-state index in [-0.39, 0.29) is 0 Å². The number of rotatable bonds is 5. The molecule has 0 radical (unpaired) electrons. The van der Waals surface area contributed by atoms with Gasteiger partial charge in [0, 0.05) is 0 Å². The molecule has 0 atom stereocenters. The van der Waals surface area contributed by atoms with Crippen molar-refractivity contribution >= 4 is 0 Å². The van der Waals surface area contributed by atoms with Crippen molar-refractivity contribution in [3.8, 4) is 0 Å². The molecule has 0 saturated carbocycles. The van der Waals surface area contributed by atoms with Crippen molar-refractivity contribution in [2.75, 3.05) is 21.3 Å². The van der Waals surface area contributed by atoms with Gasteiger partial charge in [-0.15, -0.1) is 0 Å². The fourth-order valence-electron chi connectivity index (χ4n) is 0.906. The molecule has 0 heterocycles. The number of hydrogen-bond donors (Lipinski definition) is 0. The normalized spacial score (nSPS) is 13.3. The zero-order valence-corrected chi connectivity index (χ0v) is 9.69. The van der Waals surface area contributed by atoms with Crippen LogP contribution in [0.15, 0.2) is 0 Å². The first-order valence-electron chi connectivity index (χ1n) is 3.50. The van der Waals surface area contributed by atoms with E-state index < -0.39 is 11.6 Å². The molecule has 71 valence electrons. The van der Waals surface area contributed by atoms with Gasteiger partial charge in [0.05, 0.1) is 0 Å². The number of hydrogen-bond acceptors (Lipinski definition) is 4. The first kappa shape index (κ1) is 12.6. The third-order valence-electron chi connectivity index (χ3n) is 1.92. The molecule has 0 aromatic heterocycles. The topological polar surface area (TPSA) is 36.9 Å². The van der Waals surface area contributed by atoms with E-state index in [4.69, 9.17) is 17.5 Å². The summed E-state index contributed by atoms with van der Waals surface area (Å²) in [4.78, 5) is 0. The molecule has 0 unspecified atom stereocenters. The standard InChI is InChI=1S/C7H15O4.Ti/c1-6(2,9-3)7(8,10-4)11-5;/h1-5H3;/q-1;+1. The van der Waals surface area contributed by atoms with E-state index in [1.54, 1.807) is 7.11 Å². The predicted octanol–water partition coefficient (Wildman–Crippen LogP) is 0.836. The molecule has 0 spiro atoms. The Morgan fingerprint density at radius 2 is 1.33 bits per heavy atom. The van der Waals surface area contributed by atoms with Crippen LogP contribution in [0.4, 0.5) is 0 Å². The van der Waals surface area contributed by atoms with E-state index in [1.807, 2.05) is 13.8 Å². The van der Waals surface area contributed by atoms with E-state index in [2.05, 4.69) is 0 Å². The molecule has 0 aliphatic heterocycles. The van der Waals surface area contributed by atoms with Crippen LogP contribution < -0.4 is 0 Å². The fourth-order valence-corrected chi connectivity index (χ4v) is 1.55. The molecule has 0 aliphatic carbocycles. The summed E-state index contributed by atoms with van der Waals surface area (Å²) in [5, 5.41) is 0. The minimum absolute atomic E-state index is 0.661. The van der Waals surface area contributed by atoms with Crippen molar-refractivity contribution in [3.63, 3.8) is 0 Å². The van der Waals surface area contributed by atoms with Crippen molar-refractivity contribution in [1.82, 2.24) is 0 Å². The van der Waals surface area contributed by atoms with Gasteiger partial charge in [-0.2, -0.15) is 0 Å². The average molecular weight is 211 g/mol. The molecule has 0 aliphatic rings. The molecular formula is C7H15O4Ti. The fraction of sp³-hybridized carbons (Fsp3) is 1.00. The molecule has 0 bridgehead atoms. The van der Waals surface area contributed by atoms with Gasteiger partial charge in [0.15, 0.2) is 0 Å². The van der Waals surface area contributed by atoms with E-state index in [0.29, 0.717) is 0 Å². The molecule has 5 heteroatoms. The van der Waals surface area contributed by atoms with Crippen LogP contribution in [0.5, 0.6) is 0 Å². The molecule has 0 N–H and O–H groups in total. The Labute approximate surface area is 85.4 Å². The van der Waals surface area contributed by atoms with Crippen LogP contribution >= 0.6 is 0 Å². The van der Waals surface area contributed by atoms with E-state index >= 15 is 0 Å². The van der Waals surface area contributed by atoms with Gasteiger partial charge >= 0.3 is 85.1 Å². The van der Waals surface area contributed by atoms with Crippen molar-refractivity contribution in [1.29, 1.82) is 0 Å². The van der Waals surface area contributed by atoms with Crippen LogP contribution in [-0.4, -0.2) is 32.9 Å². The number of methoxy groups -OCH3 is 3. The second kappa shape index (κ2) is 4.70. The maximum absolute atomic E-state index is 5.20. The van der Waals surface area contributed by atoms with Crippen LogP contribution in [-0.2, 0) is 38.4 Å². The first-order chi connectivity index (χ1) is 5.49. The Balaban J connectivity index is 4.69. The van der Waals surface area contributed by atoms with Gasteiger partial charge in [0.1, 0.15) is 0 Å². The van der Waals surface area contributed by atoms with Crippen molar-refractivity contribution in [2.24, 2.45) is 0 Å². The monoisotopic (exact) mass is 211 g/mol. The summed E-state index contributed by atoms with van der Waals surface area (Å²) in [5.41, 5.74) is -0.661. The first-order valence-corrected chi connectivity index (χ1v) is 4.13. The zero-order valence-electron chi connectivity index (χ0n) is 8.13. The van der Waals surface area contributed by atoms with Gasteiger partial charge in [-0.1, -0.05) is 0 Å². The van der Waals surface area contributed by atoms with Crippen molar-refractivity contribution in [2.45, 2.75) is 25.4 Å². The van der Waals surface area contributed by atoms with Gasteiger partial charge in [-0.3, -0.25) is 0 Å². The van der Waals surface area contributed by atoms with Crippen LogP contribution in [0.3, 0.4) is 0 Å². The van der Waals surface area contributed by atoms with Crippen LogP contribution in [0.1, 0.15) is 13.8 Å². The zero-order chi connectivity index (χ0) is 9.83. The summed E-state index contributed by atoms with van der Waals surface area (Å²) >= 11 is 1.51. The van der Waals surface area contributed by atoms with Crippen LogP contribution in [0.25, 0.3) is 0 Å². The van der Waals surface area contributed by atoms with Crippen molar-refractivity contribution in [3.05, 3.63) is 0 Å². The Hall–Kier alpha value is 0.554. The second-order valence-electron chi connectivity index (χ2n) is 2.78. The van der Waals surface area contributed by atoms with Gasteiger partial charge < -0.3 is 0 Å².